The van der Waals surface area contributed by atoms with Crippen molar-refractivity contribution in [3.05, 3.63) is 11.9 Å². The molecule has 0 amide bonds. The molecule has 0 spiro atoms. The molecule has 0 saturated carbocycles. The first-order chi connectivity index (χ1) is 7.36. The lowest BCUT2D eigenvalue weighted by atomic mass is 10.3. The summed E-state index contributed by atoms with van der Waals surface area (Å²) in [6, 6.07) is 0. The maximum absolute atomic E-state index is 5.60. The third-order valence-electron chi connectivity index (χ3n) is 1.97. The van der Waals surface area contributed by atoms with Gasteiger partial charge in [0.2, 0.25) is 0 Å². The van der Waals surface area contributed by atoms with E-state index in [9.17, 15) is 0 Å². The summed E-state index contributed by atoms with van der Waals surface area (Å²) in [6.07, 6.45) is 4.87. The molecule has 0 atom stereocenters. The Hall–Kier alpha value is -0.610. The molecule has 5 heteroatoms. The van der Waals surface area contributed by atoms with Crippen LogP contribution in [0.5, 0.6) is 0 Å². The molecule has 1 aromatic heterocycles. The van der Waals surface area contributed by atoms with Crippen LogP contribution in [0.2, 0.25) is 0 Å². The molecule has 86 valence electrons. The molecule has 4 nitrogen and oxygen atoms in total. The largest absolute Gasteiger partial charge is 0.380 e. The van der Waals surface area contributed by atoms with Gasteiger partial charge in [-0.25, -0.2) is 4.68 Å². The van der Waals surface area contributed by atoms with E-state index < -0.39 is 0 Å². The number of ether oxygens (including phenoxy) is 1. The van der Waals surface area contributed by atoms with Crippen LogP contribution in [-0.4, -0.2) is 34.1 Å². The fourth-order valence-corrected chi connectivity index (χ4v) is 1.35. The van der Waals surface area contributed by atoms with Crippen LogP contribution in [-0.2, 0) is 17.7 Å². The molecule has 0 N–H and O–H groups in total. The molecular formula is C10H18ClN3O. The van der Waals surface area contributed by atoms with E-state index >= 15 is 0 Å². The van der Waals surface area contributed by atoms with Gasteiger partial charge in [0.15, 0.2) is 0 Å². The Morgan fingerprint density at radius 1 is 1.47 bits per heavy atom. The van der Waals surface area contributed by atoms with E-state index in [1.54, 1.807) is 0 Å². The summed E-state index contributed by atoms with van der Waals surface area (Å²) in [5.41, 5.74) is 1.01. The fourth-order valence-electron chi connectivity index (χ4n) is 1.21. The van der Waals surface area contributed by atoms with E-state index in [4.69, 9.17) is 16.3 Å². The van der Waals surface area contributed by atoms with Crippen molar-refractivity contribution in [2.75, 3.05) is 19.1 Å². The molecule has 1 heterocycles. The van der Waals surface area contributed by atoms with Gasteiger partial charge in [0.25, 0.3) is 0 Å². The zero-order valence-corrected chi connectivity index (χ0v) is 9.91. The second-order valence-corrected chi connectivity index (χ2v) is 3.76. The molecular weight excluding hydrogens is 214 g/mol. The normalized spacial score (nSPS) is 10.8. The number of hydrogen-bond acceptors (Lipinski definition) is 3. The third kappa shape index (κ3) is 5.14. The monoisotopic (exact) mass is 231 g/mol. The Bertz CT molecular complexity index is 265. The molecule has 15 heavy (non-hydrogen) atoms. The SMILES string of the molecule is CCCOCCn1cc(CCCCl)nn1. The number of alkyl halides is 1. The highest BCUT2D eigenvalue weighted by molar-refractivity contribution is 6.17. The first kappa shape index (κ1) is 12.5. The summed E-state index contributed by atoms with van der Waals surface area (Å²) in [4.78, 5) is 0. The quantitative estimate of drug-likeness (QED) is 0.507. The van der Waals surface area contributed by atoms with E-state index in [-0.39, 0.29) is 0 Å². The van der Waals surface area contributed by atoms with Crippen molar-refractivity contribution in [1.29, 1.82) is 0 Å². The van der Waals surface area contributed by atoms with E-state index in [2.05, 4.69) is 17.2 Å². The predicted molar refractivity (Wildman–Crippen MR) is 60.2 cm³/mol. The third-order valence-corrected chi connectivity index (χ3v) is 2.23. The van der Waals surface area contributed by atoms with E-state index in [0.717, 1.165) is 38.1 Å². The van der Waals surface area contributed by atoms with Gasteiger partial charge >= 0.3 is 0 Å². The number of aryl methyl sites for hydroxylation is 1. The Balaban J connectivity index is 2.20. The standard InChI is InChI=1S/C10H18ClN3O/c1-2-7-15-8-6-14-9-10(12-13-14)4-3-5-11/h9H,2-8H2,1H3. The predicted octanol–water partition coefficient (Wildman–Crippen LogP) is 1.88. The maximum Gasteiger partial charge on any atom is 0.0827 e. The smallest absolute Gasteiger partial charge is 0.0827 e. The molecule has 0 unspecified atom stereocenters. The van der Waals surface area contributed by atoms with Gasteiger partial charge in [-0.05, 0) is 19.3 Å². The van der Waals surface area contributed by atoms with Crippen LogP contribution < -0.4 is 0 Å². The second kappa shape index (κ2) is 7.65. The van der Waals surface area contributed by atoms with Crippen LogP contribution in [0, 0.1) is 0 Å². The average molecular weight is 232 g/mol. The maximum atomic E-state index is 5.60. The van der Waals surface area contributed by atoms with Crippen molar-refractivity contribution in [2.24, 2.45) is 0 Å². The molecule has 0 bridgehead atoms. The lowest BCUT2D eigenvalue weighted by Gasteiger charge is -2.01. The van der Waals surface area contributed by atoms with Gasteiger partial charge < -0.3 is 4.74 Å². The van der Waals surface area contributed by atoms with Crippen molar-refractivity contribution in [2.45, 2.75) is 32.7 Å². The van der Waals surface area contributed by atoms with Gasteiger partial charge in [-0.1, -0.05) is 12.1 Å². The summed E-state index contributed by atoms with van der Waals surface area (Å²) in [5.74, 6) is 0.673. The molecule has 0 fully saturated rings. The molecule has 0 aliphatic heterocycles. The summed E-state index contributed by atoms with van der Waals surface area (Å²) in [5, 5.41) is 8.06. The van der Waals surface area contributed by atoms with Gasteiger partial charge in [0, 0.05) is 18.7 Å². The lowest BCUT2D eigenvalue weighted by molar-refractivity contribution is 0.124. The van der Waals surface area contributed by atoms with Crippen LogP contribution in [0.3, 0.4) is 0 Å². The second-order valence-electron chi connectivity index (χ2n) is 3.38. The van der Waals surface area contributed by atoms with Gasteiger partial charge in [-0.3, -0.25) is 0 Å². The average Bonchev–Trinajstić information content (AvgIpc) is 2.69. The zero-order chi connectivity index (χ0) is 10.9. The van der Waals surface area contributed by atoms with Crippen LogP contribution in [0.25, 0.3) is 0 Å². The summed E-state index contributed by atoms with van der Waals surface area (Å²) in [7, 11) is 0. The van der Waals surface area contributed by atoms with Gasteiger partial charge in [-0.2, -0.15) is 0 Å². The number of nitrogens with zero attached hydrogens (tertiary/aromatic N) is 3. The zero-order valence-electron chi connectivity index (χ0n) is 9.15. The number of hydrogen-bond donors (Lipinski definition) is 0. The Kier molecular flexibility index (Phi) is 6.36. The molecule has 0 saturated heterocycles. The van der Waals surface area contributed by atoms with Crippen LogP contribution in [0.15, 0.2) is 6.20 Å². The molecule has 0 aliphatic rings. The van der Waals surface area contributed by atoms with Gasteiger partial charge in [-0.15, -0.1) is 16.7 Å². The minimum Gasteiger partial charge on any atom is -0.380 e. The number of rotatable bonds is 8. The number of aromatic nitrogens is 3. The molecule has 0 aromatic carbocycles. The Morgan fingerprint density at radius 2 is 2.33 bits per heavy atom. The highest BCUT2D eigenvalue weighted by atomic mass is 35.5. The van der Waals surface area contributed by atoms with Crippen LogP contribution in [0.1, 0.15) is 25.5 Å². The Morgan fingerprint density at radius 3 is 3.07 bits per heavy atom. The lowest BCUT2D eigenvalue weighted by Crippen LogP contribution is -2.07. The van der Waals surface area contributed by atoms with Crippen molar-refractivity contribution in [3.63, 3.8) is 0 Å². The highest BCUT2D eigenvalue weighted by Gasteiger charge is 1.99. The van der Waals surface area contributed by atoms with Crippen LogP contribution >= 0.6 is 11.6 Å². The van der Waals surface area contributed by atoms with E-state index in [1.165, 1.54) is 0 Å². The van der Waals surface area contributed by atoms with Crippen molar-refractivity contribution in [3.8, 4) is 0 Å². The summed E-state index contributed by atoms with van der Waals surface area (Å²) < 4.78 is 7.19. The van der Waals surface area contributed by atoms with E-state index in [1.807, 2.05) is 10.9 Å². The highest BCUT2D eigenvalue weighted by Crippen LogP contribution is 1.99. The fraction of sp³-hybridized carbons (Fsp3) is 0.800. The first-order valence-electron chi connectivity index (χ1n) is 5.39. The summed E-state index contributed by atoms with van der Waals surface area (Å²) in [6.45, 7) is 4.38. The molecule has 1 aromatic rings. The molecule has 0 radical (unpaired) electrons. The van der Waals surface area contributed by atoms with Crippen molar-refractivity contribution < 1.29 is 4.74 Å². The van der Waals surface area contributed by atoms with Crippen LogP contribution in [0.4, 0.5) is 0 Å². The molecule has 0 aliphatic carbocycles. The molecule has 1 rings (SSSR count). The van der Waals surface area contributed by atoms with Crippen molar-refractivity contribution in [1.82, 2.24) is 15.0 Å². The van der Waals surface area contributed by atoms with Crippen molar-refractivity contribution >= 4 is 11.6 Å². The summed E-state index contributed by atoms with van der Waals surface area (Å²) >= 11 is 5.60. The van der Waals surface area contributed by atoms with Gasteiger partial charge in [0.1, 0.15) is 0 Å². The first-order valence-corrected chi connectivity index (χ1v) is 5.93. The number of halogens is 1. The minimum absolute atomic E-state index is 0.673. The van der Waals surface area contributed by atoms with E-state index in [0.29, 0.717) is 12.5 Å². The van der Waals surface area contributed by atoms with Gasteiger partial charge in [0.05, 0.1) is 18.8 Å². The topological polar surface area (TPSA) is 39.9 Å². The minimum atomic E-state index is 0.673. The Labute approximate surface area is 95.6 Å².